The van der Waals surface area contributed by atoms with E-state index in [4.69, 9.17) is 9.47 Å². The Bertz CT molecular complexity index is 782. The van der Waals surface area contributed by atoms with Crippen LogP contribution in [0, 0.1) is 0 Å². The summed E-state index contributed by atoms with van der Waals surface area (Å²) in [5.74, 6) is 0.662. The van der Waals surface area contributed by atoms with Gasteiger partial charge in [-0.15, -0.1) is 0 Å². The molecule has 1 heterocycles. The molecular formula is C20H24F3NO4. The Morgan fingerprint density at radius 2 is 1.89 bits per heavy atom. The minimum Gasteiger partial charge on any atom is -0.439 e. The Kier molecular flexibility index (Phi) is 7.40. The normalized spacial score (nSPS) is 14.0. The fourth-order valence-electron chi connectivity index (χ4n) is 2.66. The van der Waals surface area contributed by atoms with Gasteiger partial charge >= 0.3 is 6.18 Å². The van der Waals surface area contributed by atoms with E-state index in [-0.39, 0.29) is 18.1 Å². The zero-order chi connectivity index (χ0) is 20.8. The van der Waals surface area contributed by atoms with Gasteiger partial charge < -0.3 is 19.3 Å². The predicted octanol–water partition coefficient (Wildman–Crippen LogP) is 4.72. The fourth-order valence-corrected chi connectivity index (χ4v) is 2.66. The van der Waals surface area contributed by atoms with E-state index in [0.29, 0.717) is 29.8 Å². The first kappa shape index (κ1) is 22.1. The Morgan fingerprint density at radius 3 is 2.50 bits per heavy atom. The van der Waals surface area contributed by atoms with Gasteiger partial charge in [-0.1, -0.05) is 25.5 Å². The van der Waals surface area contributed by atoms with Gasteiger partial charge in [0.2, 0.25) is 5.88 Å². The van der Waals surface area contributed by atoms with Crippen molar-refractivity contribution in [1.82, 2.24) is 4.98 Å². The third kappa shape index (κ3) is 5.01. The van der Waals surface area contributed by atoms with Gasteiger partial charge in [-0.25, -0.2) is 4.98 Å². The second-order valence-corrected chi connectivity index (χ2v) is 6.38. The van der Waals surface area contributed by atoms with E-state index in [1.165, 1.54) is 25.3 Å². The summed E-state index contributed by atoms with van der Waals surface area (Å²) in [6.07, 6.45) is -3.40. The highest BCUT2D eigenvalue weighted by atomic mass is 19.4. The van der Waals surface area contributed by atoms with Gasteiger partial charge in [0, 0.05) is 13.2 Å². The van der Waals surface area contributed by atoms with Crippen molar-refractivity contribution in [1.29, 1.82) is 0 Å². The summed E-state index contributed by atoms with van der Waals surface area (Å²) in [5.41, 5.74) is -1.51. The molecule has 28 heavy (non-hydrogen) atoms. The summed E-state index contributed by atoms with van der Waals surface area (Å²) >= 11 is 0. The van der Waals surface area contributed by atoms with Gasteiger partial charge in [0.25, 0.3) is 0 Å². The van der Waals surface area contributed by atoms with Gasteiger partial charge in [0.1, 0.15) is 12.5 Å². The van der Waals surface area contributed by atoms with E-state index in [2.05, 4.69) is 9.72 Å². The molecule has 0 aliphatic rings. The summed E-state index contributed by atoms with van der Waals surface area (Å²) in [7, 11) is 1.27. The number of aromatic nitrogens is 1. The molecule has 0 radical (unpaired) electrons. The number of aliphatic hydroxyl groups is 1. The van der Waals surface area contributed by atoms with E-state index in [1.807, 2.05) is 6.92 Å². The van der Waals surface area contributed by atoms with Crippen LogP contribution in [0.4, 0.5) is 13.2 Å². The maximum absolute atomic E-state index is 13.7. The Hall–Kier alpha value is -2.16. The molecule has 0 aliphatic carbocycles. The minimum absolute atomic E-state index is 0.0371. The van der Waals surface area contributed by atoms with E-state index in [0.717, 1.165) is 6.92 Å². The molecule has 0 spiro atoms. The number of hydrogen-bond acceptors (Lipinski definition) is 5. The number of rotatable bonds is 9. The van der Waals surface area contributed by atoms with Crippen LogP contribution in [-0.2, 0) is 28.1 Å². The third-order valence-corrected chi connectivity index (χ3v) is 4.29. The highest BCUT2D eigenvalue weighted by Crippen LogP contribution is 2.43. The molecule has 1 aromatic heterocycles. The molecule has 1 unspecified atom stereocenters. The van der Waals surface area contributed by atoms with Crippen molar-refractivity contribution in [3.05, 3.63) is 53.2 Å². The average Bonchev–Trinajstić information content (AvgIpc) is 2.67. The lowest BCUT2D eigenvalue weighted by molar-refractivity contribution is -0.296. The van der Waals surface area contributed by atoms with Crippen molar-refractivity contribution in [2.45, 2.75) is 45.1 Å². The summed E-state index contributed by atoms with van der Waals surface area (Å²) in [6, 6.07) is 9.19. The van der Waals surface area contributed by atoms with Crippen molar-refractivity contribution < 1.29 is 32.5 Å². The number of aliphatic hydroxyl groups excluding tert-OH is 1. The van der Waals surface area contributed by atoms with Crippen LogP contribution in [0.25, 0.3) is 0 Å². The molecule has 8 heteroatoms. The van der Waals surface area contributed by atoms with Crippen LogP contribution >= 0.6 is 0 Å². The fraction of sp³-hybridized carbons (Fsp3) is 0.450. The van der Waals surface area contributed by atoms with Crippen LogP contribution in [-0.4, -0.2) is 30.2 Å². The topological polar surface area (TPSA) is 60.8 Å². The number of alkyl halides is 3. The summed E-state index contributed by atoms with van der Waals surface area (Å²) in [4.78, 5) is 4.15. The quantitative estimate of drug-likeness (QED) is 0.619. The molecule has 0 saturated heterocycles. The maximum atomic E-state index is 13.7. The number of ether oxygens (including phenoxy) is 3. The highest BCUT2D eigenvalue weighted by molar-refractivity contribution is 5.42. The first-order chi connectivity index (χ1) is 13.2. The van der Waals surface area contributed by atoms with Crippen LogP contribution in [0.5, 0.6) is 11.6 Å². The van der Waals surface area contributed by atoms with Crippen LogP contribution < -0.4 is 4.74 Å². The zero-order valence-electron chi connectivity index (χ0n) is 16.0. The molecule has 0 bridgehead atoms. The van der Waals surface area contributed by atoms with Crippen molar-refractivity contribution in [2.24, 2.45) is 0 Å². The van der Waals surface area contributed by atoms with E-state index in [1.54, 1.807) is 18.2 Å². The second-order valence-electron chi connectivity index (χ2n) is 6.38. The standard InChI is InChI=1S/C20H24F3NO4/c1-4-6-14-11-15(19(2,20(21,22)23)27-13-26-3)9-10-17(14)28-18-8-5-7-16(12-25)24-18/h5,7-11,25H,4,6,12-13H2,1-3H3. The van der Waals surface area contributed by atoms with Crippen molar-refractivity contribution in [3.63, 3.8) is 0 Å². The van der Waals surface area contributed by atoms with Crippen molar-refractivity contribution in [2.75, 3.05) is 13.9 Å². The number of halogens is 3. The maximum Gasteiger partial charge on any atom is 0.421 e. The monoisotopic (exact) mass is 399 g/mol. The number of aryl methyl sites for hydroxylation is 1. The van der Waals surface area contributed by atoms with Crippen LogP contribution in [0.15, 0.2) is 36.4 Å². The molecule has 154 valence electrons. The Labute approximate surface area is 162 Å². The third-order valence-electron chi connectivity index (χ3n) is 4.29. The lowest BCUT2D eigenvalue weighted by Crippen LogP contribution is -2.42. The van der Waals surface area contributed by atoms with Gasteiger partial charge in [-0.3, -0.25) is 0 Å². The van der Waals surface area contributed by atoms with Gasteiger partial charge in [0.15, 0.2) is 5.60 Å². The number of hydrogen-bond donors (Lipinski definition) is 1. The Morgan fingerprint density at radius 1 is 1.14 bits per heavy atom. The second kappa shape index (κ2) is 9.36. The van der Waals surface area contributed by atoms with E-state index < -0.39 is 18.6 Å². The first-order valence-corrected chi connectivity index (χ1v) is 8.82. The first-order valence-electron chi connectivity index (χ1n) is 8.82. The zero-order valence-corrected chi connectivity index (χ0v) is 16.0. The Balaban J connectivity index is 2.42. The molecule has 2 rings (SSSR count). The van der Waals surface area contributed by atoms with Gasteiger partial charge in [0.05, 0.1) is 12.3 Å². The number of pyridine rings is 1. The summed E-state index contributed by atoms with van der Waals surface area (Å²) in [6.45, 7) is 2.17. The van der Waals surface area contributed by atoms with Crippen LogP contribution in [0.3, 0.4) is 0 Å². The average molecular weight is 399 g/mol. The lowest BCUT2D eigenvalue weighted by atomic mass is 9.92. The van der Waals surface area contributed by atoms with E-state index in [9.17, 15) is 18.3 Å². The molecule has 0 saturated carbocycles. The molecule has 0 fully saturated rings. The molecular weight excluding hydrogens is 375 g/mol. The molecule has 5 nitrogen and oxygen atoms in total. The summed E-state index contributed by atoms with van der Waals surface area (Å²) in [5, 5.41) is 9.19. The smallest absolute Gasteiger partial charge is 0.421 e. The predicted molar refractivity (Wildman–Crippen MR) is 97.0 cm³/mol. The van der Waals surface area contributed by atoms with Gasteiger partial charge in [-0.2, -0.15) is 13.2 Å². The number of methoxy groups -OCH3 is 1. The number of nitrogens with zero attached hydrogens (tertiary/aromatic N) is 1. The molecule has 0 amide bonds. The van der Waals surface area contributed by atoms with Crippen molar-refractivity contribution in [3.8, 4) is 11.6 Å². The largest absolute Gasteiger partial charge is 0.439 e. The molecule has 1 atom stereocenters. The molecule has 1 N–H and O–H groups in total. The van der Waals surface area contributed by atoms with E-state index >= 15 is 0 Å². The van der Waals surface area contributed by atoms with Crippen LogP contribution in [0.2, 0.25) is 0 Å². The molecule has 2 aromatic rings. The van der Waals surface area contributed by atoms with Crippen molar-refractivity contribution >= 4 is 0 Å². The highest BCUT2D eigenvalue weighted by Gasteiger charge is 2.54. The number of benzene rings is 1. The SMILES string of the molecule is CCCc1cc(C(C)(OCOC)C(F)(F)F)ccc1Oc1cccc(CO)n1. The molecule has 1 aromatic carbocycles. The molecule has 0 aliphatic heterocycles. The lowest BCUT2D eigenvalue weighted by Gasteiger charge is -2.32. The summed E-state index contributed by atoms with van der Waals surface area (Å²) < 4.78 is 56.6. The van der Waals surface area contributed by atoms with Gasteiger partial charge in [-0.05, 0) is 42.7 Å². The minimum atomic E-state index is -4.63. The van der Waals surface area contributed by atoms with Crippen LogP contribution in [0.1, 0.15) is 37.1 Å².